The molecular formula is C25H32N4O3. The molecule has 1 aromatic heterocycles. The van der Waals surface area contributed by atoms with E-state index in [2.05, 4.69) is 9.88 Å². The molecule has 0 N–H and O–H groups in total. The number of carbonyl (C=O) groups excluding carboxylic acids is 2. The molecule has 1 aromatic carbocycles. The quantitative estimate of drug-likeness (QED) is 0.668. The lowest BCUT2D eigenvalue weighted by atomic mass is 9.93. The zero-order valence-corrected chi connectivity index (χ0v) is 18.6. The lowest BCUT2D eigenvalue weighted by molar-refractivity contribution is -0.135. The van der Waals surface area contributed by atoms with Crippen LogP contribution in [-0.4, -0.2) is 72.5 Å². The molecule has 2 amide bonds. The van der Waals surface area contributed by atoms with Gasteiger partial charge in [-0.3, -0.25) is 9.59 Å². The van der Waals surface area contributed by atoms with E-state index >= 15 is 0 Å². The van der Waals surface area contributed by atoms with Crippen LogP contribution in [0.5, 0.6) is 5.75 Å². The summed E-state index contributed by atoms with van der Waals surface area (Å²) in [6.07, 6.45) is 5.25. The number of hydrogen-bond donors (Lipinski definition) is 0. The number of rotatable bonds is 7. The van der Waals surface area contributed by atoms with Crippen LogP contribution in [-0.2, 0) is 9.59 Å². The second kappa shape index (κ2) is 11.0. The molecule has 0 saturated carbocycles. The van der Waals surface area contributed by atoms with E-state index in [0.29, 0.717) is 18.1 Å². The Hall–Kier alpha value is -3.09. The highest BCUT2D eigenvalue weighted by Crippen LogP contribution is 2.22. The predicted octanol–water partition coefficient (Wildman–Crippen LogP) is 2.83. The Kier molecular flexibility index (Phi) is 7.59. The van der Waals surface area contributed by atoms with Gasteiger partial charge < -0.3 is 19.4 Å². The van der Waals surface area contributed by atoms with Crippen LogP contribution in [0.4, 0.5) is 5.82 Å². The van der Waals surface area contributed by atoms with Crippen LogP contribution in [0.25, 0.3) is 0 Å². The van der Waals surface area contributed by atoms with Crippen molar-refractivity contribution in [3.05, 3.63) is 54.7 Å². The number of ether oxygens (including phenoxy) is 1. The number of amides is 2. The molecule has 170 valence electrons. The van der Waals surface area contributed by atoms with Crippen molar-refractivity contribution in [1.82, 2.24) is 14.8 Å². The van der Waals surface area contributed by atoms with E-state index in [0.717, 1.165) is 64.3 Å². The average molecular weight is 437 g/mol. The molecule has 2 fully saturated rings. The van der Waals surface area contributed by atoms with E-state index in [9.17, 15) is 9.59 Å². The van der Waals surface area contributed by atoms with Gasteiger partial charge in [-0.15, -0.1) is 0 Å². The number of piperazine rings is 1. The number of piperidine rings is 1. The van der Waals surface area contributed by atoms with Gasteiger partial charge in [0, 0.05) is 51.9 Å². The second-order valence-electron chi connectivity index (χ2n) is 8.54. The first kappa shape index (κ1) is 22.1. The van der Waals surface area contributed by atoms with Gasteiger partial charge in [0.2, 0.25) is 5.91 Å². The molecular weight excluding hydrogens is 404 g/mol. The summed E-state index contributed by atoms with van der Waals surface area (Å²) in [4.78, 5) is 35.8. The van der Waals surface area contributed by atoms with Crippen LogP contribution < -0.4 is 9.64 Å². The van der Waals surface area contributed by atoms with E-state index in [1.54, 1.807) is 6.20 Å². The summed E-state index contributed by atoms with van der Waals surface area (Å²) in [7, 11) is 0. The van der Waals surface area contributed by atoms with Crippen molar-refractivity contribution in [3.8, 4) is 5.75 Å². The van der Waals surface area contributed by atoms with E-state index < -0.39 is 0 Å². The van der Waals surface area contributed by atoms with Crippen LogP contribution in [0.1, 0.15) is 25.7 Å². The van der Waals surface area contributed by atoms with Gasteiger partial charge in [-0.2, -0.15) is 0 Å². The number of aromatic nitrogens is 1. The van der Waals surface area contributed by atoms with Gasteiger partial charge in [-0.05, 0) is 49.4 Å². The molecule has 4 rings (SSSR count). The minimum absolute atomic E-state index is 0.0236. The molecule has 2 aliphatic rings. The number of carbonyl (C=O) groups is 2. The number of nitrogens with zero attached hydrogens (tertiary/aromatic N) is 4. The predicted molar refractivity (Wildman–Crippen MR) is 124 cm³/mol. The first-order valence-corrected chi connectivity index (χ1v) is 11.6. The van der Waals surface area contributed by atoms with E-state index in [1.165, 1.54) is 0 Å². The molecule has 2 aliphatic heterocycles. The number of likely N-dealkylation sites (tertiary alicyclic amines) is 1. The van der Waals surface area contributed by atoms with Crippen LogP contribution in [0.2, 0.25) is 0 Å². The van der Waals surface area contributed by atoms with Crippen molar-refractivity contribution in [3.63, 3.8) is 0 Å². The highest BCUT2D eigenvalue weighted by atomic mass is 16.5. The summed E-state index contributed by atoms with van der Waals surface area (Å²) in [5.41, 5.74) is 0. The number of anilines is 1. The molecule has 32 heavy (non-hydrogen) atoms. The summed E-state index contributed by atoms with van der Waals surface area (Å²) in [6, 6.07) is 15.3. The largest absolute Gasteiger partial charge is 0.484 e. The Balaban J connectivity index is 1.17. The molecule has 0 radical (unpaired) electrons. The van der Waals surface area contributed by atoms with Crippen LogP contribution in [0.3, 0.4) is 0 Å². The molecule has 0 bridgehead atoms. The SMILES string of the molecule is O=C(CC[C@@H]1CCCN(C(=O)COc2ccccc2)C1)N1CCN(c2ccccn2)CC1. The van der Waals surface area contributed by atoms with Gasteiger partial charge in [0.15, 0.2) is 6.61 Å². The van der Waals surface area contributed by atoms with Crippen LogP contribution in [0, 0.1) is 5.92 Å². The minimum Gasteiger partial charge on any atom is -0.484 e. The fourth-order valence-corrected chi connectivity index (χ4v) is 4.49. The number of pyridine rings is 1. The van der Waals surface area contributed by atoms with Crippen molar-refractivity contribution < 1.29 is 14.3 Å². The maximum Gasteiger partial charge on any atom is 0.260 e. The zero-order chi connectivity index (χ0) is 22.2. The van der Waals surface area contributed by atoms with Gasteiger partial charge in [-0.25, -0.2) is 4.98 Å². The standard InChI is InChI=1S/C25H32N4O3/c30-24(28-17-15-27(16-18-28)23-10-4-5-13-26-23)12-11-21-7-6-14-29(19-21)25(31)20-32-22-8-2-1-3-9-22/h1-5,8-10,13,21H,6-7,11-12,14-20H2/t21-/m0/s1. The number of hydrogen-bond acceptors (Lipinski definition) is 5. The highest BCUT2D eigenvalue weighted by molar-refractivity contribution is 5.78. The smallest absolute Gasteiger partial charge is 0.260 e. The van der Waals surface area contributed by atoms with Gasteiger partial charge in [0.1, 0.15) is 11.6 Å². The average Bonchev–Trinajstić information content (AvgIpc) is 2.87. The molecule has 0 unspecified atom stereocenters. The van der Waals surface area contributed by atoms with Crippen molar-refractivity contribution in [2.75, 3.05) is 50.8 Å². The molecule has 2 saturated heterocycles. The molecule has 0 spiro atoms. The second-order valence-corrected chi connectivity index (χ2v) is 8.54. The summed E-state index contributed by atoms with van der Waals surface area (Å²) in [5, 5.41) is 0. The van der Waals surface area contributed by atoms with E-state index in [4.69, 9.17) is 4.74 Å². The first-order chi connectivity index (χ1) is 15.7. The topological polar surface area (TPSA) is 66.0 Å². The van der Waals surface area contributed by atoms with Crippen LogP contribution in [0.15, 0.2) is 54.7 Å². The van der Waals surface area contributed by atoms with Gasteiger partial charge >= 0.3 is 0 Å². The molecule has 1 atom stereocenters. The third kappa shape index (κ3) is 5.99. The molecule has 2 aromatic rings. The molecule has 7 heteroatoms. The number of benzene rings is 1. The van der Waals surface area contributed by atoms with Gasteiger partial charge in [-0.1, -0.05) is 24.3 Å². The lowest BCUT2D eigenvalue weighted by Crippen LogP contribution is -2.49. The lowest BCUT2D eigenvalue weighted by Gasteiger charge is -2.36. The fourth-order valence-electron chi connectivity index (χ4n) is 4.49. The first-order valence-electron chi connectivity index (χ1n) is 11.6. The zero-order valence-electron chi connectivity index (χ0n) is 18.6. The van der Waals surface area contributed by atoms with Crippen molar-refractivity contribution in [1.29, 1.82) is 0 Å². The molecule has 7 nitrogen and oxygen atoms in total. The normalized spacial score (nSPS) is 19.0. The van der Waals surface area contributed by atoms with Crippen molar-refractivity contribution in [2.45, 2.75) is 25.7 Å². The Morgan fingerprint density at radius 1 is 0.906 bits per heavy atom. The maximum absolute atomic E-state index is 12.7. The maximum atomic E-state index is 12.7. The van der Waals surface area contributed by atoms with Crippen LogP contribution >= 0.6 is 0 Å². The summed E-state index contributed by atoms with van der Waals surface area (Å²) < 4.78 is 5.61. The summed E-state index contributed by atoms with van der Waals surface area (Å²) in [5.74, 6) is 2.31. The van der Waals surface area contributed by atoms with Crippen molar-refractivity contribution >= 4 is 17.6 Å². The monoisotopic (exact) mass is 436 g/mol. The van der Waals surface area contributed by atoms with Gasteiger partial charge in [0.25, 0.3) is 5.91 Å². The minimum atomic E-state index is 0.0236. The fraction of sp³-hybridized carbons (Fsp3) is 0.480. The highest BCUT2D eigenvalue weighted by Gasteiger charge is 2.26. The summed E-state index contributed by atoms with van der Waals surface area (Å²) >= 11 is 0. The van der Waals surface area contributed by atoms with E-state index in [-0.39, 0.29) is 18.4 Å². The van der Waals surface area contributed by atoms with Crippen molar-refractivity contribution in [2.24, 2.45) is 5.92 Å². The Labute approximate surface area is 190 Å². The number of para-hydroxylation sites is 1. The van der Waals surface area contributed by atoms with Gasteiger partial charge in [0.05, 0.1) is 0 Å². The Bertz CT molecular complexity index is 869. The third-order valence-electron chi connectivity index (χ3n) is 6.35. The molecule has 0 aliphatic carbocycles. The third-order valence-corrected chi connectivity index (χ3v) is 6.35. The van der Waals surface area contributed by atoms with E-state index in [1.807, 2.05) is 58.3 Å². The Morgan fingerprint density at radius 2 is 1.69 bits per heavy atom. The Morgan fingerprint density at radius 3 is 2.44 bits per heavy atom. The molecule has 3 heterocycles. The summed E-state index contributed by atoms with van der Waals surface area (Å²) in [6.45, 7) is 4.67.